The summed E-state index contributed by atoms with van der Waals surface area (Å²) in [5.41, 5.74) is 2.99. The number of carbonyl (C=O) groups excluding carboxylic acids is 1. The lowest BCUT2D eigenvalue weighted by Crippen LogP contribution is -2.27. The van der Waals surface area contributed by atoms with Crippen LogP contribution in [0.2, 0.25) is 0 Å². The Bertz CT molecular complexity index is 1000. The third-order valence-electron chi connectivity index (χ3n) is 5.07. The molecule has 1 unspecified atom stereocenters. The van der Waals surface area contributed by atoms with Gasteiger partial charge in [-0.2, -0.15) is 0 Å². The van der Waals surface area contributed by atoms with Crippen LogP contribution < -0.4 is 9.80 Å². The number of hydrogen-bond acceptors (Lipinski definition) is 7. The fraction of sp³-hybridized carbons (Fsp3) is 0.300. The number of anilines is 2. The molecule has 0 saturated carbocycles. The molecular formula is C20H18FN5O3. The van der Waals surface area contributed by atoms with Crippen LogP contribution >= 0.6 is 0 Å². The third kappa shape index (κ3) is 3.39. The van der Waals surface area contributed by atoms with E-state index < -0.39 is 12.2 Å². The van der Waals surface area contributed by atoms with E-state index in [9.17, 15) is 9.18 Å². The van der Waals surface area contributed by atoms with Crippen LogP contribution in [0.4, 0.5) is 20.6 Å². The Balaban J connectivity index is 1.27. The number of cyclic esters (lactones) is 1. The van der Waals surface area contributed by atoms with Gasteiger partial charge in [-0.3, -0.25) is 14.9 Å². The minimum atomic E-state index is -0.523. The number of rotatable bonds is 4. The molecule has 29 heavy (non-hydrogen) atoms. The van der Waals surface area contributed by atoms with E-state index in [2.05, 4.69) is 15.0 Å². The van der Waals surface area contributed by atoms with Crippen LogP contribution in [0.1, 0.15) is 11.3 Å². The van der Waals surface area contributed by atoms with E-state index in [-0.39, 0.29) is 19.0 Å². The number of hydrogen-bond donors (Lipinski definition) is 0. The highest BCUT2D eigenvalue weighted by Crippen LogP contribution is 2.32. The smallest absolute Gasteiger partial charge is 0.414 e. The van der Waals surface area contributed by atoms with Gasteiger partial charge in [0.15, 0.2) is 6.10 Å². The molecule has 1 atom stereocenters. The summed E-state index contributed by atoms with van der Waals surface area (Å²) in [6.45, 7) is 1.98. The van der Waals surface area contributed by atoms with Crippen molar-refractivity contribution in [3.05, 3.63) is 53.6 Å². The van der Waals surface area contributed by atoms with Crippen molar-refractivity contribution in [1.82, 2.24) is 4.98 Å². The highest BCUT2D eigenvalue weighted by atomic mass is 19.1. The Hall–Kier alpha value is -3.49. The van der Waals surface area contributed by atoms with Gasteiger partial charge in [0.2, 0.25) is 5.90 Å². The average Bonchev–Trinajstić information content (AvgIpc) is 3.45. The fourth-order valence-corrected chi connectivity index (χ4v) is 3.64. The van der Waals surface area contributed by atoms with Crippen molar-refractivity contribution in [3.8, 4) is 0 Å². The van der Waals surface area contributed by atoms with Gasteiger partial charge in [0.1, 0.15) is 19.1 Å². The second-order valence-corrected chi connectivity index (χ2v) is 6.98. The highest BCUT2D eigenvalue weighted by Gasteiger charge is 2.34. The van der Waals surface area contributed by atoms with E-state index in [0.717, 1.165) is 11.3 Å². The Labute approximate surface area is 166 Å². The zero-order chi connectivity index (χ0) is 19.8. The zero-order valence-corrected chi connectivity index (χ0v) is 15.5. The summed E-state index contributed by atoms with van der Waals surface area (Å²) in [6.07, 6.45) is 2.30. The molecular weight excluding hydrogens is 377 g/mol. The maximum Gasteiger partial charge on any atom is 0.414 e. The number of benzene rings is 1. The molecule has 1 aromatic heterocycles. The van der Waals surface area contributed by atoms with E-state index >= 15 is 0 Å². The molecule has 0 aliphatic carbocycles. The molecule has 2 aromatic rings. The molecule has 8 nitrogen and oxygen atoms in total. The number of ether oxygens (including phenoxy) is 2. The quantitative estimate of drug-likeness (QED) is 0.795. The summed E-state index contributed by atoms with van der Waals surface area (Å²) in [4.78, 5) is 27.9. The van der Waals surface area contributed by atoms with Crippen molar-refractivity contribution in [2.24, 2.45) is 9.98 Å². The topological polar surface area (TPSA) is 79.6 Å². The third-order valence-corrected chi connectivity index (χ3v) is 5.07. The maximum atomic E-state index is 14.9. The van der Waals surface area contributed by atoms with Gasteiger partial charge >= 0.3 is 6.09 Å². The number of aromatic nitrogens is 1. The van der Waals surface area contributed by atoms with Gasteiger partial charge in [-0.1, -0.05) is 6.07 Å². The zero-order valence-electron chi connectivity index (χ0n) is 15.5. The molecule has 1 fully saturated rings. The fourth-order valence-electron chi connectivity index (χ4n) is 3.64. The van der Waals surface area contributed by atoms with Gasteiger partial charge in [-0.25, -0.2) is 14.2 Å². The van der Waals surface area contributed by atoms with Gasteiger partial charge in [0, 0.05) is 12.7 Å². The van der Waals surface area contributed by atoms with E-state index in [4.69, 9.17) is 9.47 Å². The Kier molecular flexibility index (Phi) is 4.34. The van der Waals surface area contributed by atoms with Gasteiger partial charge in [0.05, 0.1) is 36.4 Å². The largest absolute Gasteiger partial charge is 0.473 e. The minimum Gasteiger partial charge on any atom is -0.473 e. The summed E-state index contributed by atoms with van der Waals surface area (Å²) in [6, 6.07) is 8.67. The van der Waals surface area contributed by atoms with Crippen LogP contribution in [-0.2, 0) is 22.6 Å². The average molecular weight is 395 g/mol. The van der Waals surface area contributed by atoms with Gasteiger partial charge in [-0.15, -0.1) is 0 Å². The number of carbonyl (C=O) groups is 1. The van der Waals surface area contributed by atoms with Crippen LogP contribution in [0.15, 0.2) is 46.5 Å². The Morgan fingerprint density at radius 2 is 2.21 bits per heavy atom. The second kappa shape index (κ2) is 7.16. The van der Waals surface area contributed by atoms with Crippen LogP contribution in [0.5, 0.6) is 0 Å². The van der Waals surface area contributed by atoms with Crippen molar-refractivity contribution >= 4 is 29.6 Å². The number of halogens is 1. The van der Waals surface area contributed by atoms with E-state index in [0.29, 0.717) is 37.0 Å². The molecule has 0 spiro atoms. The molecule has 3 aliphatic rings. The summed E-state index contributed by atoms with van der Waals surface area (Å²) in [5, 5.41) is 0. The molecule has 148 valence electrons. The van der Waals surface area contributed by atoms with Gasteiger partial charge in [-0.05, 0) is 29.8 Å². The summed E-state index contributed by atoms with van der Waals surface area (Å²) >= 11 is 0. The van der Waals surface area contributed by atoms with Crippen LogP contribution in [0.25, 0.3) is 0 Å². The van der Waals surface area contributed by atoms with Crippen molar-refractivity contribution < 1.29 is 18.7 Å². The number of nitrogens with zero attached hydrogens (tertiary/aromatic N) is 5. The van der Waals surface area contributed by atoms with E-state index in [1.807, 2.05) is 17.0 Å². The van der Waals surface area contributed by atoms with Crippen molar-refractivity contribution in [2.75, 3.05) is 29.6 Å². The summed E-state index contributed by atoms with van der Waals surface area (Å²) in [7, 11) is 0. The lowest BCUT2D eigenvalue weighted by Gasteiger charge is -2.20. The lowest BCUT2D eigenvalue weighted by atomic mass is 10.2. The van der Waals surface area contributed by atoms with Crippen molar-refractivity contribution in [2.45, 2.75) is 19.2 Å². The molecule has 0 N–H and O–H groups in total. The van der Waals surface area contributed by atoms with E-state index in [1.54, 1.807) is 18.3 Å². The molecule has 4 heterocycles. The predicted molar refractivity (Wildman–Crippen MR) is 105 cm³/mol. The first-order valence-corrected chi connectivity index (χ1v) is 9.30. The van der Waals surface area contributed by atoms with Crippen LogP contribution in [0.3, 0.4) is 0 Å². The molecule has 1 saturated heterocycles. The maximum absolute atomic E-state index is 14.9. The van der Waals surface area contributed by atoms with Crippen molar-refractivity contribution in [1.29, 1.82) is 0 Å². The first-order chi connectivity index (χ1) is 14.2. The van der Waals surface area contributed by atoms with Gasteiger partial charge in [0.25, 0.3) is 0 Å². The molecule has 0 radical (unpaired) electrons. The number of pyridine rings is 1. The molecule has 1 amide bonds. The predicted octanol–water partition coefficient (Wildman–Crippen LogP) is 2.52. The molecule has 3 aliphatic heterocycles. The number of amides is 1. The minimum absolute atomic E-state index is 0.173. The summed E-state index contributed by atoms with van der Waals surface area (Å²) < 4.78 is 25.7. The molecule has 1 aromatic carbocycles. The number of fused-ring (bicyclic) bond motifs is 1. The first-order valence-electron chi connectivity index (χ1n) is 9.30. The second-order valence-electron chi connectivity index (χ2n) is 6.98. The number of aliphatic imine (C=N–C) groups is 2. The lowest BCUT2D eigenvalue weighted by molar-refractivity contribution is 0.102. The SMILES string of the molecule is O=C1OC(COC2=NCN=C2)CN1c1ccc(N2Cc3cccnc3C2)c(F)c1. The molecule has 5 rings (SSSR count). The van der Waals surface area contributed by atoms with Gasteiger partial charge < -0.3 is 14.4 Å². The normalized spacial score (nSPS) is 20.1. The van der Waals surface area contributed by atoms with Crippen LogP contribution in [-0.4, -0.2) is 49.1 Å². The monoisotopic (exact) mass is 395 g/mol. The molecule has 9 heteroatoms. The van der Waals surface area contributed by atoms with E-state index in [1.165, 1.54) is 17.2 Å². The Morgan fingerprint density at radius 1 is 1.28 bits per heavy atom. The summed E-state index contributed by atoms with van der Waals surface area (Å²) in [5.74, 6) is 0.0373. The Morgan fingerprint density at radius 3 is 3.00 bits per heavy atom. The van der Waals surface area contributed by atoms with Crippen molar-refractivity contribution in [3.63, 3.8) is 0 Å². The highest BCUT2D eigenvalue weighted by molar-refractivity contribution is 6.27. The molecule has 0 bridgehead atoms. The standard InChI is InChI=1S/C20H18FN5O3/c21-16-6-14(3-4-18(16)25-8-13-2-1-5-23-17(13)10-25)26-9-15(29-20(26)27)11-28-19-7-22-12-24-19/h1-7,15H,8-12H2. The first kappa shape index (κ1) is 17.6. The van der Waals surface area contributed by atoms with Crippen LogP contribution in [0, 0.1) is 5.82 Å².